The van der Waals surface area contributed by atoms with Crippen molar-refractivity contribution < 1.29 is 0 Å². The van der Waals surface area contributed by atoms with Gasteiger partial charge in [-0.3, -0.25) is 9.78 Å². The van der Waals surface area contributed by atoms with Crippen LogP contribution in [0.15, 0.2) is 40.1 Å². The number of fused-ring (bicyclic) bond motifs is 1. The highest BCUT2D eigenvalue weighted by Gasteiger charge is 2.30. The molecular formula is C16H16ClN5O. The molecule has 23 heavy (non-hydrogen) atoms. The van der Waals surface area contributed by atoms with E-state index in [9.17, 15) is 4.79 Å². The molecule has 118 valence electrons. The van der Waals surface area contributed by atoms with E-state index in [1.54, 1.807) is 0 Å². The van der Waals surface area contributed by atoms with Crippen molar-refractivity contribution in [2.45, 2.75) is 19.4 Å². The van der Waals surface area contributed by atoms with Gasteiger partial charge in [-0.05, 0) is 37.6 Å². The van der Waals surface area contributed by atoms with Crippen LogP contribution >= 0.6 is 11.6 Å². The summed E-state index contributed by atoms with van der Waals surface area (Å²) < 4.78 is 0. The largest absolute Gasteiger partial charge is 0.369 e. The summed E-state index contributed by atoms with van der Waals surface area (Å²) in [5.41, 5.74) is 6.66. The molecule has 1 aliphatic rings. The standard InChI is InChI=1S/C16H16ClN5O/c1-16(2)11(8-5-9-3-6-10(17)7-4-9)19-12-13(22-16)20-15(18)21-14(12)23/h3-8H,1-2H3,(H4,18,20,21,22,23). The molecular weight excluding hydrogens is 314 g/mol. The van der Waals surface area contributed by atoms with Gasteiger partial charge in [0, 0.05) is 5.02 Å². The van der Waals surface area contributed by atoms with Crippen LogP contribution in [0.3, 0.4) is 0 Å². The summed E-state index contributed by atoms with van der Waals surface area (Å²) in [6.45, 7) is 3.92. The second-order valence-electron chi connectivity index (χ2n) is 5.78. The molecule has 0 saturated carbocycles. The normalized spacial score (nSPS) is 15.9. The van der Waals surface area contributed by atoms with Gasteiger partial charge >= 0.3 is 0 Å². The van der Waals surface area contributed by atoms with Crippen molar-refractivity contribution in [2.24, 2.45) is 4.99 Å². The highest BCUT2D eigenvalue weighted by molar-refractivity contribution is 6.30. The zero-order valence-electron chi connectivity index (χ0n) is 12.7. The van der Waals surface area contributed by atoms with Crippen molar-refractivity contribution in [3.63, 3.8) is 0 Å². The Kier molecular flexibility index (Phi) is 3.69. The summed E-state index contributed by atoms with van der Waals surface area (Å²) >= 11 is 5.88. The molecule has 4 N–H and O–H groups in total. The molecule has 0 unspecified atom stereocenters. The highest BCUT2D eigenvalue weighted by atomic mass is 35.5. The maximum Gasteiger partial charge on any atom is 0.280 e. The van der Waals surface area contributed by atoms with Crippen molar-refractivity contribution in [1.29, 1.82) is 0 Å². The van der Waals surface area contributed by atoms with Crippen LogP contribution in [0.4, 0.5) is 17.5 Å². The molecule has 0 fully saturated rings. The molecule has 0 bridgehead atoms. The molecule has 0 spiro atoms. The summed E-state index contributed by atoms with van der Waals surface area (Å²) in [5, 5.41) is 3.88. The first-order valence-corrected chi connectivity index (χ1v) is 7.44. The Bertz CT molecular complexity index is 865. The van der Waals surface area contributed by atoms with Gasteiger partial charge in [-0.2, -0.15) is 4.98 Å². The van der Waals surface area contributed by atoms with E-state index in [0.29, 0.717) is 10.8 Å². The van der Waals surface area contributed by atoms with Crippen molar-refractivity contribution in [1.82, 2.24) is 9.97 Å². The molecule has 0 atom stereocenters. The second kappa shape index (κ2) is 5.55. The summed E-state index contributed by atoms with van der Waals surface area (Å²) in [6.07, 6.45) is 3.79. The summed E-state index contributed by atoms with van der Waals surface area (Å²) in [4.78, 5) is 23.0. The molecule has 7 heteroatoms. The smallest absolute Gasteiger partial charge is 0.280 e. The number of anilines is 2. The maximum atomic E-state index is 12.0. The van der Waals surface area contributed by atoms with E-state index in [1.807, 2.05) is 50.3 Å². The Balaban J connectivity index is 2.01. The molecule has 2 heterocycles. The number of nitrogens with two attached hydrogens (primary N) is 1. The fourth-order valence-electron chi connectivity index (χ4n) is 2.29. The highest BCUT2D eigenvalue weighted by Crippen LogP contribution is 2.29. The van der Waals surface area contributed by atoms with Crippen molar-refractivity contribution >= 4 is 40.8 Å². The Hall–Kier alpha value is -2.60. The van der Waals surface area contributed by atoms with E-state index in [1.165, 1.54) is 0 Å². The fourth-order valence-corrected chi connectivity index (χ4v) is 2.42. The van der Waals surface area contributed by atoms with Gasteiger partial charge < -0.3 is 11.1 Å². The Morgan fingerprint density at radius 2 is 1.91 bits per heavy atom. The minimum Gasteiger partial charge on any atom is -0.369 e. The number of rotatable bonds is 2. The molecule has 2 aromatic rings. The first kappa shape index (κ1) is 15.3. The average Bonchev–Trinajstić information content (AvgIpc) is 2.46. The van der Waals surface area contributed by atoms with Gasteiger partial charge in [0.1, 0.15) is 0 Å². The first-order chi connectivity index (χ1) is 10.8. The fraction of sp³-hybridized carbons (Fsp3) is 0.188. The second-order valence-corrected chi connectivity index (χ2v) is 6.22. The monoisotopic (exact) mass is 329 g/mol. The number of aromatic nitrogens is 2. The van der Waals surface area contributed by atoms with Crippen LogP contribution in [0, 0.1) is 0 Å². The third kappa shape index (κ3) is 3.12. The van der Waals surface area contributed by atoms with Gasteiger partial charge in [0.05, 0.1) is 11.3 Å². The predicted octanol–water partition coefficient (Wildman–Crippen LogP) is 3.00. The lowest BCUT2D eigenvalue weighted by molar-refractivity contribution is 0.746. The number of hydrogen-bond acceptors (Lipinski definition) is 5. The lowest BCUT2D eigenvalue weighted by Crippen LogP contribution is -2.42. The van der Waals surface area contributed by atoms with E-state index in [4.69, 9.17) is 17.3 Å². The molecule has 3 rings (SSSR count). The van der Waals surface area contributed by atoms with Gasteiger partial charge in [0.2, 0.25) is 5.95 Å². The van der Waals surface area contributed by atoms with Crippen molar-refractivity contribution in [3.8, 4) is 0 Å². The molecule has 0 aliphatic carbocycles. The maximum absolute atomic E-state index is 12.0. The van der Waals surface area contributed by atoms with E-state index >= 15 is 0 Å². The average molecular weight is 330 g/mol. The zero-order valence-corrected chi connectivity index (χ0v) is 13.5. The van der Waals surface area contributed by atoms with Crippen LogP contribution in [0.1, 0.15) is 19.4 Å². The van der Waals surface area contributed by atoms with E-state index in [-0.39, 0.29) is 17.2 Å². The van der Waals surface area contributed by atoms with Gasteiger partial charge in [0.15, 0.2) is 11.5 Å². The summed E-state index contributed by atoms with van der Waals surface area (Å²) in [5.74, 6) is 0.451. The number of halogens is 1. The summed E-state index contributed by atoms with van der Waals surface area (Å²) in [7, 11) is 0. The topological polar surface area (TPSA) is 96.2 Å². The van der Waals surface area contributed by atoms with Gasteiger partial charge in [-0.1, -0.05) is 29.8 Å². The number of benzene rings is 1. The van der Waals surface area contributed by atoms with Crippen LogP contribution in [0.25, 0.3) is 6.08 Å². The van der Waals surface area contributed by atoms with Crippen LogP contribution in [-0.4, -0.2) is 21.2 Å². The number of nitrogens with one attached hydrogen (secondary N) is 2. The van der Waals surface area contributed by atoms with Gasteiger partial charge in [-0.25, -0.2) is 4.99 Å². The predicted molar refractivity (Wildman–Crippen MR) is 94.6 cm³/mol. The third-order valence-corrected chi connectivity index (χ3v) is 3.77. The number of H-pyrrole nitrogens is 1. The van der Waals surface area contributed by atoms with Gasteiger partial charge in [0.25, 0.3) is 5.56 Å². The molecule has 0 amide bonds. The Morgan fingerprint density at radius 3 is 2.61 bits per heavy atom. The Labute approximate surface area is 138 Å². The van der Waals surface area contributed by atoms with Crippen LogP contribution < -0.4 is 16.6 Å². The number of nitrogens with zero attached hydrogens (tertiary/aromatic N) is 2. The van der Waals surface area contributed by atoms with Gasteiger partial charge in [-0.15, -0.1) is 0 Å². The molecule has 0 saturated heterocycles. The van der Waals surface area contributed by atoms with E-state index in [0.717, 1.165) is 11.3 Å². The first-order valence-electron chi connectivity index (χ1n) is 7.06. The molecule has 1 aliphatic heterocycles. The van der Waals surface area contributed by atoms with E-state index < -0.39 is 5.54 Å². The van der Waals surface area contributed by atoms with Crippen LogP contribution in [0.2, 0.25) is 5.02 Å². The van der Waals surface area contributed by atoms with Crippen LogP contribution in [0.5, 0.6) is 0 Å². The number of hydrogen-bond donors (Lipinski definition) is 3. The molecule has 1 aromatic heterocycles. The number of nitrogen functional groups attached to an aromatic ring is 1. The minimum absolute atomic E-state index is 0.0624. The zero-order chi connectivity index (χ0) is 16.6. The summed E-state index contributed by atoms with van der Waals surface area (Å²) in [6, 6.07) is 7.46. The molecule has 1 aromatic carbocycles. The lowest BCUT2D eigenvalue weighted by Gasteiger charge is -2.31. The van der Waals surface area contributed by atoms with E-state index in [2.05, 4.69) is 20.3 Å². The molecule has 6 nitrogen and oxygen atoms in total. The van der Waals surface area contributed by atoms with Crippen molar-refractivity contribution in [3.05, 3.63) is 51.3 Å². The quantitative estimate of drug-likeness (QED) is 0.789. The number of aromatic amines is 1. The number of aliphatic imine (C=N–C) groups is 1. The van der Waals surface area contributed by atoms with Crippen LogP contribution in [-0.2, 0) is 0 Å². The van der Waals surface area contributed by atoms with Crippen molar-refractivity contribution in [2.75, 3.05) is 11.1 Å². The Morgan fingerprint density at radius 1 is 1.22 bits per heavy atom. The minimum atomic E-state index is -0.483. The lowest BCUT2D eigenvalue weighted by atomic mass is 9.95. The molecule has 0 radical (unpaired) electrons. The third-order valence-electron chi connectivity index (χ3n) is 3.52. The SMILES string of the molecule is CC1(C)Nc2nc(N)[nH]c(=O)c2N=C1C=Cc1ccc(Cl)cc1.